The zero-order chi connectivity index (χ0) is 23.2. The molecule has 1 saturated heterocycles. The van der Waals surface area contributed by atoms with E-state index >= 15 is 0 Å². The second-order valence-electron chi connectivity index (χ2n) is 7.84. The molecule has 0 bridgehead atoms. The van der Waals surface area contributed by atoms with Gasteiger partial charge in [-0.15, -0.1) is 0 Å². The Labute approximate surface area is 196 Å². The summed E-state index contributed by atoms with van der Waals surface area (Å²) in [5, 5.41) is 3.59. The van der Waals surface area contributed by atoms with Gasteiger partial charge in [-0.2, -0.15) is 11.3 Å². The molecule has 3 aromatic rings. The maximum absolute atomic E-state index is 14.1. The van der Waals surface area contributed by atoms with Crippen LogP contribution >= 0.6 is 11.3 Å². The number of thiophene rings is 1. The van der Waals surface area contributed by atoms with E-state index in [0.717, 1.165) is 11.3 Å². The molecule has 2 amide bonds. The predicted molar refractivity (Wildman–Crippen MR) is 124 cm³/mol. The summed E-state index contributed by atoms with van der Waals surface area (Å²) < 4.78 is 25.3. The number of rotatable bonds is 7. The van der Waals surface area contributed by atoms with Crippen molar-refractivity contribution in [2.45, 2.75) is 19.3 Å². The van der Waals surface area contributed by atoms with Gasteiger partial charge in [0, 0.05) is 30.6 Å². The first kappa shape index (κ1) is 22.9. The van der Waals surface area contributed by atoms with Crippen molar-refractivity contribution in [2.24, 2.45) is 0 Å². The Morgan fingerprint density at radius 3 is 2.61 bits per heavy atom. The Bertz CT molecular complexity index is 1090. The van der Waals surface area contributed by atoms with E-state index in [4.69, 9.17) is 9.47 Å². The Hall–Kier alpha value is -3.23. The van der Waals surface area contributed by atoms with Crippen molar-refractivity contribution in [3.8, 4) is 5.75 Å². The second kappa shape index (κ2) is 10.6. The molecule has 0 unspecified atom stereocenters. The Kier molecular flexibility index (Phi) is 7.36. The maximum atomic E-state index is 14.1. The van der Waals surface area contributed by atoms with Crippen molar-refractivity contribution < 1.29 is 23.5 Å². The molecule has 0 spiro atoms. The number of nitrogens with zero attached hydrogens (tertiary/aromatic N) is 2. The van der Waals surface area contributed by atoms with E-state index in [1.165, 1.54) is 22.3 Å². The molecule has 4 rings (SSSR count). The van der Waals surface area contributed by atoms with Crippen molar-refractivity contribution in [3.63, 3.8) is 0 Å². The van der Waals surface area contributed by atoms with Crippen molar-refractivity contribution in [3.05, 3.63) is 87.9 Å². The molecule has 1 aliphatic heterocycles. The van der Waals surface area contributed by atoms with E-state index in [0.29, 0.717) is 24.2 Å². The zero-order valence-corrected chi connectivity index (χ0v) is 19.1. The number of amides is 2. The van der Waals surface area contributed by atoms with Gasteiger partial charge in [0.1, 0.15) is 18.1 Å². The molecule has 8 heteroatoms. The molecule has 1 aromatic heterocycles. The molecular formula is C25H25FN2O4S. The number of carbonyl (C=O) groups is 2. The molecule has 0 aliphatic carbocycles. The minimum absolute atomic E-state index is 0.0373. The van der Waals surface area contributed by atoms with Crippen LogP contribution < -0.4 is 4.74 Å². The van der Waals surface area contributed by atoms with Crippen LogP contribution in [0.25, 0.3) is 0 Å². The second-order valence-corrected chi connectivity index (χ2v) is 8.62. The van der Waals surface area contributed by atoms with E-state index < -0.39 is 6.10 Å². The van der Waals surface area contributed by atoms with Gasteiger partial charge < -0.3 is 19.3 Å². The van der Waals surface area contributed by atoms with Crippen LogP contribution in [0.5, 0.6) is 5.75 Å². The van der Waals surface area contributed by atoms with Gasteiger partial charge in [0.05, 0.1) is 25.4 Å². The number of halogens is 1. The van der Waals surface area contributed by atoms with Crippen molar-refractivity contribution in [1.82, 2.24) is 9.80 Å². The van der Waals surface area contributed by atoms with Gasteiger partial charge in [-0.3, -0.25) is 9.59 Å². The number of benzene rings is 2. The SMILES string of the molecule is COc1ccc(CN2C[C@H](OCc3ccccc3F)CN(C(=O)c3ccsc3)CC2=O)cc1. The molecule has 33 heavy (non-hydrogen) atoms. The van der Waals surface area contributed by atoms with Crippen LogP contribution in [0.1, 0.15) is 21.5 Å². The summed E-state index contributed by atoms with van der Waals surface area (Å²) in [6.45, 7) is 0.941. The molecule has 0 N–H and O–H groups in total. The van der Waals surface area contributed by atoms with Crippen LogP contribution in [0, 0.1) is 5.82 Å². The van der Waals surface area contributed by atoms with E-state index in [-0.39, 0.29) is 37.3 Å². The summed E-state index contributed by atoms with van der Waals surface area (Å²) >= 11 is 1.43. The first-order valence-corrected chi connectivity index (χ1v) is 11.5. The first-order valence-electron chi connectivity index (χ1n) is 10.6. The molecular weight excluding hydrogens is 443 g/mol. The molecule has 172 valence electrons. The fraction of sp³-hybridized carbons (Fsp3) is 0.280. The quantitative estimate of drug-likeness (QED) is 0.527. The lowest BCUT2D eigenvalue weighted by Crippen LogP contribution is -2.39. The van der Waals surface area contributed by atoms with Crippen molar-refractivity contribution >= 4 is 23.2 Å². The summed E-state index contributed by atoms with van der Waals surface area (Å²) in [6.07, 6.45) is -0.461. The minimum Gasteiger partial charge on any atom is -0.497 e. The average molecular weight is 469 g/mol. The van der Waals surface area contributed by atoms with Gasteiger partial charge in [-0.1, -0.05) is 30.3 Å². The summed E-state index contributed by atoms with van der Waals surface area (Å²) in [5.41, 5.74) is 1.92. The maximum Gasteiger partial charge on any atom is 0.255 e. The lowest BCUT2D eigenvalue weighted by Gasteiger charge is -2.25. The van der Waals surface area contributed by atoms with Crippen LogP contribution in [0.4, 0.5) is 4.39 Å². The van der Waals surface area contributed by atoms with Crippen molar-refractivity contribution in [2.75, 3.05) is 26.7 Å². The van der Waals surface area contributed by atoms with Crippen LogP contribution in [-0.2, 0) is 22.7 Å². The number of methoxy groups -OCH3 is 1. The lowest BCUT2D eigenvalue weighted by molar-refractivity contribution is -0.132. The van der Waals surface area contributed by atoms with Gasteiger partial charge in [0.2, 0.25) is 5.91 Å². The average Bonchev–Trinajstić information content (AvgIpc) is 3.32. The summed E-state index contributed by atoms with van der Waals surface area (Å²) in [5.74, 6) is 0.0184. The minimum atomic E-state index is -0.461. The largest absolute Gasteiger partial charge is 0.497 e. The Morgan fingerprint density at radius 1 is 1.12 bits per heavy atom. The van der Waals surface area contributed by atoms with E-state index in [9.17, 15) is 14.0 Å². The van der Waals surface area contributed by atoms with Crippen LogP contribution in [0.2, 0.25) is 0 Å². The van der Waals surface area contributed by atoms with Gasteiger partial charge in [0.15, 0.2) is 0 Å². The van der Waals surface area contributed by atoms with Crippen molar-refractivity contribution in [1.29, 1.82) is 0 Å². The fourth-order valence-electron chi connectivity index (χ4n) is 3.73. The topological polar surface area (TPSA) is 59.1 Å². The highest BCUT2D eigenvalue weighted by Gasteiger charge is 2.31. The zero-order valence-electron chi connectivity index (χ0n) is 18.3. The predicted octanol–water partition coefficient (Wildman–Crippen LogP) is 3.97. The molecule has 6 nitrogen and oxygen atoms in total. The fourth-order valence-corrected chi connectivity index (χ4v) is 4.36. The normalized spacial score (nSPS) is 16.5. The Morgan fingerprint density at radius 2 is 1.91 bits per heavy atom. The van der Waals surface area contributed by atoms with E-state index in [1.54, 1.807) is 41.7 Å². The molecule has 2 heterocycles. The monoisotopic (exact) mass is 468 g/mol. The molecule has 2 aromatic carbocycles. The van der Waals surface area contributed by atoms with E-state index in [1.807, 2.05) is 29.6 Å². The highest BCUT2D eigenvalue weighted by Crippen LogP contribution is 2.19. The van der Waals surface area contributed by atoms with Crippen LogP contribution in [0.3, 0.4) is 0 Å². The third kappa shape index (κ3) is 5.77. The summed E-state index contributed by atoms with van der Waals surface area (Å²) in [4.78, 5) is 29.3. The third-order valence-electron chi connectivity index (χ3n) is 5.55. The smallest absolute Gasteiger partial charge is 0.255 e. The highest BCUT2D eigenvalue weighted by molar-refractivity contribution is 7.08. The standard InChI is InChI=1S/C25H25FN2O4S/c1-31-21-8-6-18(7-9-21)12-27-13-22(32-16-19-4-2-3-5-23(19)26)14-28(15-24(27)29)25(30)20-10-11-33-17-20/h2-11,17,22H,12-16H2,1H3/t22-/m0/s1. The van der Waals surface area contributed by atoms with Crippen LogP contribution in [0.15, 0.2) is 65.4 Å². The molecule has 0 saturated carbocycles. The third-order valence-corrected chi connectivity index (χ3v) is 6.23. The van der Waals surface area contributed by atoms with Gasteiger partial charge in [-0.25, -0.2) is 4.39 Å². The molecule has 1 aliphatic rings. The van der Waals surface area contributed by atoms with Gasteiger partial charge in [0.25, 0.3) is 5.91 Å². The number of hydrogen-bond acceptors (Lipinski definition) is 5. The molecule has 0 radical (unpaired) electrons. The summed E-state index contributed by atoms with van der Waals surface area (Å²) in [6, 6.07) is 15.7. The highest BCUT2D eigenvalue weighted by atomic mass is 32.1. The lowest BCUT2D eigenvalue weighted by atomic mass is 10.2. The van der Waals surface area contributed by atoms with Gasteiger partial charge in [-0.05, 0) is 35.2 Å². The van der Waals surface area contributed by atoms with Crippen LogP contribution in [-0.4, -0.2) is 54.5 Å². The number of carbonyl (C=O) groups excluding carboxylic acids is 2. The van der Waals surface area contributed by atoms with E-state index in [2.05, 4.69) is 0 Å². The first-order chi connectivity index (χ1) is 16.0. The molecule has 1 atom stereocenters. The Balaban J connectivity index is 1.52. The number of hydrogen-bond donors (Lipinski definition) is 0. The molecule has 1 fully saturated rings. The van der Waals surface area contributed by atoms with Gasteiger partial charge >= 0.3 is 0 Å². The number of ether oxygens (including phenoxy) is 2. The summed E-state index contributed by atoms with van der Waals surface area (Å²) in [7, 11) is 1.60.